The van der Waals surface area contributed by atoms with Gasteiger partial charge in [-0.2, -0.15) is 6.07 Å². The maximum Gasteiger partial charge on any atom is 2.00 e. The summed E-state index contributed by atoms with van der Waals surface area (Å²) in [7, 11) is -1.76. The fourth-order valence-corrected chi connectivity index (χ4v) is 6.98. The Balaban J connectivity index is 0.00000435. The molecular formula is C45H37N3OPtSi. The van der Waals surface area contributed by atoms with Crippen LogP contribution in [0.5, 0.6) is 11.5 Å². The van der Waals surface area contributed by atoms with E-state index in [1.807, 2.05) is 103 Å². The minimum Gasteiger partial charge on any atom is -0.503 e. The molecule has 0 unspecified atom stereocenters. The van der Waals surface area contributed by atoms with Gasteiger partial charge in [0.1, 0.15) is 5.82 Å². The average molecular weight is 861 g/mol. The van der Waals surface area contributed by atoms with Crippen LogP contribution < -0.4 is 4.74 Å². The SMILES string of the molecule is [2H]C([2H])(C[Si](C)(C)C)c1cc(-c2[c-]c(Oc3[c-]c4c(cc3)c3ccccc3n4-c3cc(-c4ccccc4)ccn3)ccc2)ncc1-c1ccccc1.[Pt+2]. The van der Waals surface area contributed by atoms with Gasteiger partial charge in [-0.15, -0.1) is 41.3 Å². The van der Waals surface area contributed by atoms with Crippen molar-refractivity contribution in [3.8, 4) is 50.8 Å². The predicted molar refractivity (Wildman–Crippen MR) is 209 cm³/mol. The molecule has 0 saturated heterocycles. The van der Waals surface area contributed by atoms with Crippen molar-refractivity contribution in [1.82, 2.24) is 14.5 Å². The van der Waals surface area contributed by atoms with E-state index < -0.39 is 14.4 Å². The molecule has 0 atom stereocenters. The maximum absolute atomic E-state index is 9.23. The van der Waals surface area contributed by atoms with Crippen molar-refractivity contribution in [1.29, 1.82) is 0 Å². The number of aryl methyl sites for hydroxylation is 1. The first-order valence-corrected chi connectivity index (χ1v) is 20.6. The number of hydrogen-bond donors (Lipinski definition) is 0. The number of fused-ring (bicyclic) bond motifs is 3. The molecule has 4 nitrogen and oxygen atoms in total. The largest absolute Gasteiger partial charge is 2.00 e. The summed E-state index contributed by atoms with van der Waals surface area (Å²) in [5.74, 6) is 1.86. The summed E-state index contributed by atoms with van der Waals surface area (Å²) < 4.78 is 27.0. The van der Waals surface area contributed by atoms with Gasteiger partial charge in [-0.05, 0) is 57.9 Å². The van der Waals surface area contributed by atoms with Crippen LogP contribution in [-0.2, 0) is 27.4 Å². The molecule has 0 radical (unpaired) electrons. The van der Waals surface area contributed by atoms with Crippen molar-refractivity contribution in [3.05, 3.63) is 164 Å². The minimum atomic E-state index is -1.76. The fraction of sp³-hybridized carbons (Fsp3) is 0.111. The first-order chi connectivity index (χ1) is 25.1. The van der Waals surface area contributed by atoms with E-state index in [0.29, 0.717) is 28.8 Å². The molecule has 6 heteroatoms. The number of ether oxygens (including phenoxy) is 1. The number of para-hydroxylation sites is 1. The van der Waals surface area contributed by atoms with Crippen LogP contribution in [0.25, 0.3) is 61.1 Å². The zero-order chi connectivity index (χ0) is 35.9. The Labute approximate surface area is 317 Å². The molecule has 0 fully saturated rings. The summed E-state index contributed by atoms with van der Waals surface area (Å²) in [4.78, 5) is 9.62. The smallest absolute Gasteiger partial charge is 0.503 e. The van der Waals surface area contributed by atoms with Crippen LogP contribution >= 0.6 is 0 Å². The summed E-state index contributed by atoms with van der Waals surface area (Å²) >= 11 is 0. The molecule has 0 aliphatic heterocycles. The van der Waals surface area contributed by atoms with Gasteiger partial charge in [0.05, 0.1) is 0 Å². The number of hydrogen-bond acceptors (Lipinski definition) is 3. The van der Waals surface area contributed by atoms with Gasteiger partial charge >= 0.3 is 21.1 Å². The number of aromatic nitrogens is 3. The predicted octanol–water partition coefficient (Wildman–Crippen LogP) is 11.8. The van der Waals surface area contributed by atoms with E-state index in [2.05, 4.69) is 72.7 Å². The van der Waals surface area contributed by atoms with Gasteiger partial charge in [0.15, 0.2) is 0 Å². The first kappa shape index (κ1) is 31.9. The van der Waals surface area contributed by atoms with Gasteiger partial charge < -0.3 is 14.3 Å². The summed E-state index contributed by atoms with van der Waals surface area (Å²) in [6, 6.07) is 51.8. The summed E-state index contributed by atoms with van der Waals surface area (Å²) in [6.07, 6.45) is 2.12. The zero-order valence-electron chi connectivity index (χ0n) is 30.6. The summed E-state index contributed by atoms with van der Waals surface area (Å²) in [5, 5.41) is 2.16. The first-order valence-electron chi connectivity index (χ1n) is 17.9. The van der Waals surface area contributed by atoms with Gasteiger partial charge in [0, 0.05) is 45.8 Å². The molecular weight excluding hydrogens is 822 g/mol. The molecule has 3 aromatic heterocycles. The van der Waals surface area contributed by atoms with E-state index in [0.717, 1.165) is 55.4 Å². The third kappa shape index (κ3) is 7.37. The topological polar surface area (TPSA) is 39.9 Å². The Kier molecular flexibility index (Phi) is 9.14. The average Bonchev–Trinajstić information content (AvgIpc) is 3.48. The number of rotatable bonds is 9. The molecule has 51 heavy (non-hydrogen) atoms. The zero-order valence-corrected chi connectivity index (χ0v) is 31.9. The van der Waals surface area contributed by atoms with Gasteiger partial charge in [0.25, 0.3) is 0 Å². The monoisotopic (exact) mass is 860 g/mol. The van der Waals surface area contributed by atoms with Crippen LogP contribution in [0.15, 0.2) is 146 Å². The van der Waals surface area contributed by atoms with E-state index in [1.165, 1.54) is 0 Å². The number of benzene rings is 5. The quantitative estimate of drug-likeness (QED) is 0.107. The minimum absolute atomic E-state index is 0. The third-order valence-electron chi connectivity index (χ3n) is 8.70. The molecule has 0 spiro atoms. The van der Waals surface area contributed by atoms with Crippen molar-refractivity contribution in [3.63, 3.8) is 0 Å². The van der Waals surface area contributed by atoms with Crippen molar-refractivity contribution < 1.29 is 28.5 Å². The second kappa shape index (κ2) is 14.6. The normalized spacial score (nSPS) is 12.3. The van der Waals surface area contributed by atoms with E-state index in [1.54, 1.807) is 6.20 Å². The van der Waals surface area contributed by atoms with Crippen LogP contribution in [0.1, 0.15) is 8.30 Å². The Morgan fingerprint density at radius 3 is 2.20 bits per heavy atom. The Hall–Kier alpha value is -5.09. The number of nitrogens with zero attached hydrogens (tertiary/aromatic N) is 3. The van der Waals surface area contributed by atoms with E-state index >= 15 is 0 Å². The van der Waals surface area contributed by atoms with E-state index in [4.69, 9.17) is 14.7 Å². The Morgan fingerprint density at radius 2 is 1.41 bits per heavy atom. The van der Waals surface area contributed by atoms with Gasteiger partial charge in [-0.3, -0.25) is 0 Å². The van der Waals surface area contributed by atoms with Gasteiger partial charge in [-0.25, -0.2) is 4.98 Å². The van der Waals surface area contributed by atoms with Crippen LogP contribution in [-0.4, -0.2) is 22.6 Å². The van der Waals surface area contributed by atoms with Crippen LogP contribution in [0.2, 0.25) is 25.7 Å². The van der Waals surface area contributed by atoms with Crippen molar-refractivity contribution in [2.75, 3.05) is 0 Å². The van der Waals surface area contributed by atoms with Crippen LogP contribution in [0.4, 0.5) is 0 Å². The second-order valence-corrected chi connectivity index (χ2v) is 19.1. The fourth-order valence-electron chi connectivity index (χ4n) is 6.25. The second-order valence-electron chi connectivity index (χ2n) is 13.6. The molecule has 5 aromatic carbocycles. The molecule has 0 aliphatic rings. The summed E-state index contributed by atoms with van der Waals surface area (Å²) in [6.45, 7) is 6.61. The molecule has 0 aliphatic carbocycles. The van der Waals surface area contributed by atoms with Crippen molar-refractivity contribution >= 4 is 29.9 Å². The molecule has 8 aromatic rings. The molecule has 0 bridgehead atoms. The molecule has 252 valence electrons. The third-order valence-corrected chi connectivity index (χ3v) is 9.94. The van der Waals surface area contributed by atoms with Crippen molar-refractivity contribution in [2.45, 2.75) is 32.1 Å². The van der Waals surface area contributed by atoms with E-state index in [9.17, 15) is 2.74 Å². The van der Waals surface area contributed by atoms with Gasteiger partial charge in [-0.1, -0.05) is 122 Å². The molecule has 0 saturated carbocycles. The molecule has 0 N–H and O–H groups in total. The molecule has 8 rings (SSSR count). The number of pyridine rings is 2. The van der Waals surface area contributed by atoms with Crippen LogP contribution in [0.3, 0.4) is 0 Å². The summed E-state index contributed by atoms with van der Waals surface area (Å²) in [5.41, 5.74) is 7.86. The Morgan fingerprint density at radius 1 is 0.686 bits per heavy atom. The standard InChI is InChI=1S/C45H37N3OSi.Pt/c1-50(2,3)26-24-35-28-42(47-31-41(35)33-15-8-5-9-16-33)36-17-12-18-37(27-36)49-38-21-22-40-39-19-10-11-20-43(39)48(44(40)30-38)45-29-34(23-25-46-45)32-13-6-4-7-14-32;/h4-23,25,28-29,31H,24,26H2,1-3H3;/q-2;+2/i24D2;. The molecule has 3 heterocycles. The van der Waals surface area contributed by atoms with Crippen LogP contribution in [0, 0.1) is 12.1 Å². The maximum atomic E-state index is 9.23. The van der Waals surface area contributed by atoms with Gasteiger partial charge in [0.2, 0.25) is 0 Å². The molecule has 0 amide bonds. The Bertz CT molecular complexity index is 2550. The van der Waals surface area contributed by atoms with E-state index in [-0.39, 0.29) is 21.1 Å². The van der Waals surface area contributed by atoms with Crippen molar-refractivity contribution in [2.24, 2.45) is 0 Å².